The Morgan fingerprint density at radius 3 is 2.46 bits per heavy atom. The molecule has 2 N–H and O–H groups in total. The van der Waals surface area contributed by atoms with Crippen LogP contribution < -0.4 is 5.32 Å². The Kier molecular flexibility index (Phi) is 4.28. The molecule has 0 aliphatic heterocycles. The molecule has 0 radical (unpaired) electrons. The molecule has 2 aromatic carbocycles. The van der Waals surface area contributed by atoms with Gasteiger partial charge in [0.05, 0.1) is 12.1 Å². The smallest absolute Gasteiger partial charge is 0.254 e. The zero-order chi connectivity index (χ0) is 17.1. The van der Waals surface area contributed by atoms with Gasteiger partial charge in [0.25, 0.3) is 5.91 Å². The Hall–Kier alpha value is -3.16. The van der Waals surface area contributed by atoms with Gasteiger partial charge in [0.2, 0.25) is 0 Å². The van der Waals surface area contributed by atoms with Gasteiger partial charge in [-0.2, -0.15) is 5.10 Å². The van der Waals surface area contributed by atoms with Crippen molar-refractivity contribution in [2.75, 3.05) is 0 Å². The number of nitrogens with zero attached hydrogens (tertiary/aromatic N) is 2. The van der Waals surface area contributed by atoms with Crippen LogP contribution in [0.3, 0.4) is 0 Å². The molecule has 1 aromatic heterocycles. The van der Waals surface area contributed by atoms with Crippen molar-refractivity contribution >= 4 is 5.91 Å². The first-order valence-corrected chi connectivity index (χ1v) is 6.93. The maximum Gasteiger partial charge on any atom is 0.254 e. The van der Waals surface area contributed by atoms with E-state index in [0.717, 1.165) is 12.1 Å². The average Bonchev–Trinajstić information content (AvgIpc) is 3.02. The lowest BCUT2D eigenvalue weighted by Crippen LogP contribution is -2.24. The van der Waals surface area contributed by atoms with Crippen LogP contribution >= 0.6 is 0 Å². The molecule has 0 bridgehead atoms. The molecular weight excluding hydrogens is 321 g/mol. The second-order valence-electron chi connectivity index (χ2n) is 4.92. The van der Waals surface area contributed by atoms with Gasteiger partial charge in [0.15, 0.2) is 5.82 Å². The molecule has 1 heterocycles. The van der Waals surface area contributed by atoms with Gasteiger partial charge in [-0.1, -0.05) is 0 Å². The second-order valence-corrected chi connectivity index (χ2v) is 4.92. The van der Waals surface area contributed by atoms with Crippen LogP contribution in [0, 0.1) is 17.5 Å². The minimum atomic E-state index is -0.947. The van der Waals surface area contributed by atoms with Gasteiger partial charge >= 0.3 is 0 Å². The highest BCUT2D eigenvalue weighted by Gasteiger charge is 2.13. The molecule has 8 heteroatoms. The van der Waals surface area contributed by atoms with E-state index in [2.05, 4.69) is 20.5 Å². The van der Waals surface area contributed by atoms with Gasteiger partial charge in [-0.3, -0.25) is 9.89 Å². The van der Waals surface area contributed by atoms with Crippen LogP contribution in [0.2, 0.25) is 0 Å². The fraction of sp³-hybridized carbons (Fsp3) is 0.0625. The number of aromatic amines is 1. The van der Waals surface area contributed by atoms with E-state index in [1.54, 1.807) is 0 Å². The number of halogens is 3. The Morgan fingerprint density at radius 2 is 1.75 bits per heavy atom. The van der Waals surface area contributed by atoms with Crippen molar-refractivity contribution in [2.24, 2.45) is 0 Å². The summed E-state index contributed by atoms with van der Waals surface area (Å²) in [5.74, 6) is -2.10. The van der Waals surface area contributed by atoms with Gasteiger partial charge in [0, 0.05) is 11.6 Å². The predicted molar refractivity (Wildman–Crippen MR) is 79.3 cm³/mol. The molecule has 1 amide bonds. The monoisotopic (exact) mass is 332 g/mol. The van der Waals surface area contributed by atoms with Crippen molar-refractivity contribution in [1.29, 1.82) is 0 Å². The zero-order valence-electron chi connectivity index (χ0n) is 12.2. The quantitative estimate of drug-likeness (QED) is 0.772. The van der Waals surface area contributed by atoms with Crippen LogP contribution in [0.25, 0.3) is 11.4 Å². The van der Waals surface area contributed by atoms with Gasteiger partial charge in [-0.15, -0.1) is 0 Å². The standard InChI is InChI=1S/C16H11F3N4O/c17-10-3-1-9(2-4-10)15-21-14(22-23-15)8-20-16(24)12-6-5-11(18)7-13(12)19/h1-7H,8H2,(H,20,24)(H,21,22,23). The summed E-state index contributed by atoms with van der Waals surface area (Å²) in [7, 11) is 0. The molecule has 0 aliphatic carbocycles. The van der Waals surface area contributed by atoms with Crippen molar-refractivity contribution in [3.8, 4) is 11.4 Å². The summed E-state index contributed by atoms with van der Waals surface area (Å²) in [5, 5.41) is 9.04. The molecule has 0 fully saturated rings. The number of nitrogens with one attached hydrogen (secondary N) is 2. The summed E-state index contributed by atoms with van der Waals surface area (Å²) in [5.41, 5.74) is 0.337. The van der Waals surface area contributed by atoms with Gasteiger partial charge < -0.3 is 5.32 Å². The molecule has 0 atom stereocenters. The van der Waals surface area contributed by atoms with E-state index in [4.69, 9.17) is 0 Å². The molecule has 3 aromatic rings. The van der Waals surface area contributed by atoms with Gasteiger partial charge in [0.1, 0.15) is 23.3 Å². The number of amides is 1. The topological polar surface area (TPSA) is 70.7 Å². The summed E-state index contributed by atoms with van der Waals surface area (Å²) >= 11 is 0. The number of carbonyl (C=O) groups excluding carboxylic acids is 1. The summed E-state index contributed by atoms with van der Waals surface area (Å²) in [6, 6.07) is 8.30. The van der Waals surface area contributed by atoms with E-state index in [1.807, 2.05) is 0 Å². The number of H-pyrrole nitrogens is 1. The second kappa shape index (κ2) is 6.53. The van der Waals surface area contributed by atoms with Crippen molar-refractivity contribution in [2.45, 2.75) is 6.54 Å². The highest BCUT2D eigenvalue weighted by molar-refractivity contribution is 5.94. The molecule has 0 saturated heterocycles. The SMILES string of the molecule is O=C(NCc1nc(-c2ccc(F)cc2)n[nH]1)c1ccc(F)cc1F. The van der Waals surface area contributed by atoms with Crippen molar-refractivity contribution in [1.82, 2.24) is 20.5 Å². The number of benzene rings is 2. The molecule has 24 heavy (non-hydrogen) atoms. The van der Waals surface area contributed by atoms with Crippen molar-refractivity contribution in [3.63, 3.8) is 0 Å². The lowest BCUT2D eigenvalue weighted by molar-refractivity contribution is 0.0946. The minimum Gasteiger partial charge on any atom is -0.345 e. The third kappa shape index (κ3) is 3.43. The average molecular weight is 332 g/mol. The lowest BCUT2D eigenvalue weighted by atomic mass is 10.2. The van der Waals surface area contributed by atoms with Crippen molar-refractivity contribution in [3.05, 3.63) is 71.3 Å². The van der Waals surface area contributed by atoms with Gasteiger partial charge in [-0.05, 0) is 36.4 Å². The molecule has 5 nitrogen and oxygen atoms in total. The molecular formula is C16H11F3N4O. The van der Waals surface area contributed by atoms with E-state index in [9.17, 15) is 18.0 Å². The van der Waals surface area contributed by atoms with E-state index < -0.39 is 17.5 Å². The zero-order valence-corrected chi connectivity index (χ0v) is 12.2. The molecule has 0 unspecified atom stereocenters. The fourth-order valence-electron chi connectivity index (χ4n) is 2.04. The van der Waals surface area contributed by atoms with E-state index in [-0.39, 0.29) is 17.9 Å². The normalized spacial score (nSPS) is 10.6. The molecule has 0 spiro atoms. The highest BCUT2D eigenvalue weighted by Crippen LogP contribution is 2.15. The Morgan fingerprint density at radius 1 is 1.04 bits per heavy atom. The number of carbonyl (C=O) groups is 1. The van der Waals surface area contributed by atoms with Gasteiger partial charge in [-0.25, -0.2) is 18.2 Å². The minimum absolute atomic E-state index is 0.0240. The molecule has 0 aliphatic rings. The summed E-state index contributed by atoms with van der Waals surface area (Å²) in [6.45, 7) is -0.0240. The maximum absolute atomic E-state index is 13.5. The van der Waals surface area contributed by atoms with Crippen LogP contribution in [0.5, 0.6) is 0 Å². The molecule has 3 rings (SSSR count). The first kappa shape index (κ1) is 15.7. The Bertz CT molecular complexity index is 877. The third-order valence-corrected chi connectivity index (χ3v) is 3.23. The van der Waals surface area contributed by atoms with Crippen LogP contribution in [-0.4, -0.2) is 21.1 Å². The molecule has 122 valence electrons. The van der Waals surface area contributed by atoms with Crippen LogP contribution in [0.1, 0.15) is 16.2 Å². The Labute approximate surface area is 134 Å². The van der Waals surface area contributed by atoms with Crippen LogP contribution in [0.15, 0.2) is 42.5 Å². The van der Waals surface area contributed by atoms with Crippen LogP contribution in [-0.2, 0) is 6.54 Å². The number of rotatable bonds is 4. The first-order valence-electron chi connectivity index (χ1n) is 6.93. The van der Waals surface area contributed by atoms with Crippen LogP contribution in [0.4, 0.5) is 13.2 Å². The summed E-state index contributed by atoms with van der Waals surface area (Å²) < 4.78 is 39.2. The maximum atomic E-state index is 13.5. The first-order chi connectivity index (χ1) is 11.5. The van der Waals surface area contributed by atoms with E-state index in [1.165, 1.54) is 24.3 Å². The fourth-order valence-corrected chi connectivity index (χ4v) is 2.04. The molecule has 0 saturated carbocycles. The Balaban J connectivity index is 1.67. The lowest BCUT2D eigenvalue weighted by Gasteiger charge is -2.04. The van der Waals surface area contributed by atoms with E-state index in [0.29, 0.717) is 23.3 Å². The predicted octanol–water partition coefficient (Wildman–Crippen LogP) is 2.82. The van der Waals surface area contributed by atoms with Crippen molar-refractivity contribution < 1.29 is 18.0 Å². The third-order valence-electron chi connectivity index (χ3n) is 3.23. The summed E-state index contributed by atoms with van der Waals surface area (Å²) in [4.78, 5) is 16.0. The number of aromatic nitrogens is 3. The number of hydrogen-bond acceptors (Lipinski definition) is 3. The van der Waals surface area contributed by atoms with E-state index >= 15 is 0 Å². The summed E-state index contributed by atoms with van der Waals surface area (Å²) in [6.07, 6.45) is 0. The largest absolute Gasteiger partial charge is 0.345 e. The number of hydrogen-bond donors (Lipinski definition) is 2. The highest BCUT2D eigenvalue weighted by atomic mass is 19.1.